The van der Waals surface area contributed by atoms with E-state index >= 15 is 0 Å². The summed E-state index contributed by atoms with van der Waals surface area (Å²) in [5.41, 5.74) is 13.3. The fraction of sp³-hybridized carbons (Fsp3) is 0.179. The molecule has 2 atom stereocenters. The Morgan fingerprint density at radius 2 is 1.58 bits per heavy atom. The van der Waals surface area contributed by atoms with Gasteiger partial charge in [0.15, 0.2) is 0 Å². The Bertz CT molecular complexity index is 1550. The van der Waals surface area contributed by atoms with Crippen LogP contribution in [0.3, 0.4) is 0 Å². The highest BCUT2D eigenvalue weighted by Crippen LogP contribution is 2.54. The van der Waals surface area contributed by atoms with E-state index in [0.717, 1.165) is 45.3 Å². The van der Waals surface area contributed by atoms with Gasteiger partial charge in [-0.15, -0.1) is 0 Å². The Kier molecular flexibility index (Phi) is 5.08. The predicted octanol–water partition coefficient (Wildman–Crippen LogP) is 5.07. The number of aromatic nitrogens is 2. The first-order valence-corrected chi connectivity index (χ1v) is 11.6. The molecule has 2 aliphatic heterocycles. The third-order valence-electron chi connectivity index (χ3n) is 6.94. The van der Waals surface area contributed by atoms with Crippen LogP contribution in [0.25, 0.3) is 11.1 Å². The van der Waals surface area contributed by atoms with Crippen LogP contribution in [-0.4, -0.2) is 15.9 Å². The summed E-state index contributed by atoms with van der Waals surface area (Å²) < 4.78 is 34.0. The van der Waals surface area contributed by atoms with Gasteiger partial charge in [-0.1, -0.05) is 18.2 Å². The SMILES string of the molecule is Cc1nc(N)nc(C)c1CNC(=O)c1ccc2c(c1)C1OC2c2ccc(-c3ccc(F)cc3F)cc21. The maximum atomic E-state index is 14.4. The lowest BCUT2D eigenvalue weighted by Gasteiger charge is -2.18. The summed E-state index contributed by atoms with van der Waals surface area (Å²) in [6.45, 7) is 3.95. The number of nitrogens with zero attached hydrogens (tertiary/aromatic N) is 2. The molecule has 1 amide bonds. The Balaban J connectivity index is 1.27. The second kappa shape index (κ2) is 8.20. The van der Waals surface area contributed by atoms with Gasteiger partial charge in [-0.25, -0.2) is 18.7 Å². The second-order valence-electron chi connectivity index (χ2n) is 9.12. The van der Waals surface area contributed by atoms with E-state index in [-0.39, 0.29) is 30.6 Å². The van der Waals surface area contributed by atoms with Gasteiger partial charge in [-0.05, 0) is 72.0 Å². The van der Waals surface area contributed by atoms with Crippen LogP contribution >= 0.6 is 0 Å². The number of rotatable bonds is 4. The zero-order valence-corrected chi connectivity index (χ0v) is 19.6. The maximum absolute atomic E-state index is 14.4. The van der Waals surface area contributed by atoms with Crippen LogP contribution in [0.2, 0.25) is 0 Å². The number of aryl methyl sites for hydroxylation is 2. The Morgan fingerprint density at radius 3 is 2.31 bits per heavy atom. The molecule has 0 saturated heterocycles. The molecule has 6 nitrogen and oxygen atoms in total. The van der Waals surface area contributed by atoms with Crippen molar-refractivity contribution < 1.29 is 18.3 Å². The minimum absolute atomic E-state index is 0.208. The summed E-state index contributed by atoms with van der Waals surface area (Å²) in [7, 11) is 0. The molecule has 3 N–H and O–H groups in total. The number of hydrogen-bond acceptors (Lipinski definition) is 5. The number of benzene rings is 3. The van der Waals surface area contributed by atoms with Gasteiger partial charge in [0.1, 0.15) is 23.8 Å². The molecule has 4 aromatic rings. The second-order valence-corrected chi connectivity index (χ2v) is 9.12. The molecule has 0 radical (unpaired) electrons. The van der Waals surface area contributed by atoms with Gasteiger partial charge in [0.25, 0.3) is 5.91 Å². The molecule has 180 valence electrons. The molecule has 0 aliphatic carbocycles. The van der Waals surface area contributed by atoms with Crippen molar-refractivity contribution >= 4 is 11.9 Å². The molecule has 2 bridgehead atoms. The first-order valence-electron chi connectivity index (χ1n) is 11.6. The molecule has 2 unspecified atom stereocenters. The molecule has 1 aromatic heterocycles. The van der Waals surface area contributed by atoms with Crippen molar-refractivity contribution in [2.45, 2.75) is 32.6 Å². The van der Waals surface area contributed by atoms with E-state index in [1.807, 2.05) is 44.2 Å². The van der Waals surface area contributed by atoms with Gasteiger partial charge in [-0.2, -0.15) is 0 Å². The summed E-state index contributed by atoms with van der Waals surface area (Å²) in [6.07, 6.45) is -0.590. The highest BCUT2D eigenvalue weighted by atomic mass is 19.1. The number of carbonyl (C=O) groups is 1. The fourth-order valence-electron chi connectivity index (χ4n) is 5.17. The van der Waals surface area contributed by atoms with Crippen molar-refractivity contribution in [1.29, 1.82) is 0 Å². The molecular formula is C28H22F2N4O2. The van der Waals surface area contributed by atoms with Gasteiger partial charge in [0, 0.05) is 40.7 Å². The van der Waals surface area contributed by atoms with Crippen molar-refractivity contribution in [2.24, 2.45) is 0 Å². The van der Waals surface area contributed by atoms with Gasteiger partial charge in [0.05, 0.1) is 0 Å². The van der Waals surface area contributed by atoms with E-state index in [4.69, 9.17) is 10.5 Å². The van der Waals surface area contributed by atoms with Gasteiger partial charge in [-0.3, -0.25) is 4.79 Å². The number of fused-ring (bicyclic) bond motifs is 8. The summed E-state index contributed by atoms with van der Waals surface area (Å²) in [4.78, 5) is 21.3. The van der Waals surface area contributed by atoms with E-state index < -0.39 is 11.6 Å². The lowest BCUT2D eigenvalue weighted by Crippen LogP contribution is -2.24. The topological polar surface area (TPSA) is 90.1 Å². The van der Waals surface area contributed by atoms with Crippen LogP contribution in [0.4, 0.5) is 14.7 Å². The van der Waals surface area contributed by atoms with Crippen LogP contribution in [0.15, 0.2) is 54.6 Å². The normalized spacial score (nSPS) is 17.1. The van der Waals surface area contributed by atoms with Gasteiger partial charge >= 0.3 is 0 Å². The molecule has 6 rings (SSSR count). The van der Waals surface area contributed by atoms with Crippen molar-refractivity contribution in [2.75, 3.05) is 5.73 Å². The average Bonchev–Trinajstić information content (AvgIpc) is 3.40. The molecule has 3 heterocycles. The number of ether oxygens (including phenoxy) is 1. The standard InChI is InChI=1S/C28H22F2N4O2/c1-13-23(14(2)34-28(31)33-13)12-32-27(35)16-4-7-20-22(10-16)26-21-9-15(3-6-19(21)25(20)36-26)18-8-5-17(29)11-24(18)30/h3-11,25-26H,12H2,1-2H3,(H,32,35)(H2,31,33,34). The Hall–Kier alpha value is -4.17. The molecule has 0 saturated carbocycles. The average molecular weight is 485 g/mol. The molecule has 2 aliphatic rings. The highest BCUT2D eigenvalue weighted by Gasteiger charge is 2.43. The third kappa shape index (κ3) is 3.53. The Morgan fingerprint density at radius 1 is 0.917 bits per heavy atom. The van der Waals surface area contributed by atoms with Crippen LogP contribution in [0.1, 0.15) is 61.8 Å². The van der Waals surface area contributed by atoms with Crippen LogP contribution < -0.4 is 11.1 Å². The molecule has 3 aromatic carbocycles. The largest absolute Gasteiger partial charge is 0.368 e. The highest BCUT2D eigenvalue weighted by molar-refractivity contribution is 5.94. The Labute approximate surface area is 206 Å². The van der Waals surface area contributed by atoms with Crippen molar-refractivity contribution in [3.8, 4) is 11.1 Å². The molecule has 0 fully saturated rings. The van der Waals surface area contributed by atoms with E-state index in [9.17, 15) is 13.6 Å². The van der Waals surface area contributed by atoms with Crippen LogP contribution in [0.5, 0.6) is 0 Å². The molecule has 0 spiro atoms. The van der Waals surface area contributed by atoms with Crippen molar-refractivity contribution in [1.82, 2.24) is 15.3 Å². The van der Waals surface area contributed by atoms with Gasteiger partial charge in [0.2, 0.25) is 5.95 Å². The number of halogens is 2. The van der Waals surface area contributed by atoms with Crippen molar-refractivity contribution in [3.63, 3.8) is 0 Å². The first kappa shape index (κ1) is 22.3. The number of carbonyl (C=O) groups excluding carboxylic acids is 1. The number of amides is 1. The smallest absolute Gasteiger partial charge is 0.251 e. The van der Waals surface area contributed by atoms with Crippen LogP contribution in [-0.2, 0) is 11.3 Å². The summed E-state index contributed by atoms with van der Waals surface area (Å²) in [6, 6.07) is 14.8. The molecule has 8 heteroatoms. The number of hydrogen-bond donors (Lipinski definition) is 2. The minimum atomic E-state index is -0.617. The molecular weight excluding hydrogens is 462 g/mol. The van der Waals surface area contributed by atoms with Gasteiger partial charge < -0.3 is 15.8 Å². The molecule has 36 heavy (non-hydrogen) atoms. The zero-order valence-electron chi connectivity index (χ0n) is 19.6. The monoisotopic (exact) mass is 484 g/mol. The summed E-state index contributed by atoms with van der Waals surface area (Å²) >= 11 is 0. The minimum Gasteiger partial charge on any atom is -0.368 e. The van der Waals surface area contributed by atoms with E-state index in [1.165, 1.54) is 12.1 Å². The first-order chi connectivity index (χ1) is 17.3. The lowest BCUT2D eigenvalue weighted by molar-refractivity contribution is 0.0857. The number of nitrogens with two attached hydrogens (primary N) is 1. The third-order valence-corrected chi connectivity index (χ3v) is 6.94. The van der Waals surface area contributed by atoms with E-state index in [0.29, 0.717) is 16.7 Å². The fourth-order valence-corrected chi connectivity index (χ4v) is 5.17. The zero-order chi connectivity index (χ0) is 25.1. The quantitative estimate of drug-likeness (QED) is 0.422. The number of nitrogens with one attached hydrogen (secondary N) is 1. The maximum Gasteiger partial charge on any atom is 0.251 e. The van der Waals surface area contributed by atoms with E-state index in [2.05, 4.69) is 15.3 Å². The van der Waals surface area contributed by atoms with E-state index in [1.54, 1.807) is 6.07 Å². The predicted molar refractivity (Wildman–Crippen MR) is 130 cm³/mol. The van der Waals surface area contributed by atoms with Crippen LogP contribution in [0, 0.1) is 25.5 Å². The number of anilines is 1. The number of nitrogen functional groups attached to an aromatic ring is 1. The van der Waals surface area contributed by atoms with Crippen molar-refractivity contribution in [3.05, 3.63) is 111 Å². The lowest BCUT2D eigenvalue weighted by atomic mass is 9.83. The summed E-state index contributed by atoms with van der Waals surface area (Å²) in [5.74, 6) is -1.25. The summed E-state index contributed by atoms with van der Waals surface area (Å²) in [5, 5.41) is 2.94.